The number of sulfonamides is 1. The molecule has 0 aliphatic carbocycles. The van der Waals surface area contributed by atoms with Crippen LogP contribution in [0, 0.1) is 5.41 Å². The largest absolute Gasteiger partial charge is 0.282 e. The van der Waals surface area contributed by atoms with E-state index < -0.39 is 10.0 Å². The van der Waals surface area contributed by atoms with Crippen molar-refractivity contribution in [2.75, 3.05) is 6.54 Å². The molecule has 0 fully saturated rings. The van der Waals surface area contributed by atoms with E-state index in [9.17, 15) is 8.42 Å². The van der Waals surface area contributed by atoms with Gasteiger partial charge in [-0.05, 0) is 11.8 Å². The fourth-order valence-electron chi connectivity index (χ4n) is 2.70. The van der Waals surface area contributed by atoms with Gasteiger partial charge in [0.1, 0.15) is 0 Å². The standard InChI is InChI=1S/C12H18N6O2S/c1-12(2)4-10-9(5-13-15-10)7-18(8-12)21(19,20)11-6-14-16-17(11)3/h5-6H,4,7-8H2,1-3H3,(H,13,15). The van der Waals surface area contributed by atoms with Crippen LogP contribution >= 0.6 is 0 Å². The van der Waals surface area contributed by atoms with Gasteiger partial charge in [-0.25, -0.2) is 13.1 Å². The van der Waals surface area contributed by atoms with Crippen LogP contribution in [0.1, 0.15) is 25.1 Å². The third kappa shape index (κ3) is 2.46. The first kappa shape index (κ1) is 14.2. The quantitative estimate of drug-likeness (QED) is 0.861. The Morgan fingerprint density at radius 3 is 2.76 bits per heavy atom. The van der Waals surface area contributed by atoms with Gasteiger partial charge in [0.15, 0.2) is 5.03 Å². The predicted octanol–water partition coefficient (Wildman–Crippen LogP) is 0.311. The van der Waals surface area contributed by atoms with Crippen LogP contribution in [0.15, 0.2) is 17.4 Å². The first-order chi connectivity index (χ1) is 9.79. The van der Waals surface area contributed by atoms with Crippen LogP contribution in [0.2, 0.25) is 0 Å². The normalized spacial score (nSPS) is 19.2. The van der Waals surface area contributed by atoms with E-state index in [0.717, 1.165) is 17.7 Å². The lowest BCUT2D eigenvalue weighted by atomic mass is 9.88. The maximum atomic E-state index is 12.8. The van der Waals surface area contributed by atoms with Crippen LogP contribution in [-0.2, 0) is 30.0 Å². The molecule has 0 amide bonds. The lowest BCUT2D eigenvalue weighted by molar-refractivity contribution is 0.263. The summed E-state index contributed by atoms with van der Waals surface area (Å²) in [6.45, 7) is 4.84. The van der Waals surface area contributed by atoms with Crippen LogP contribution in [-0.4, -0.2) is 44.5 Å². The minimum atomic E-state index is -3.63. The zero-order chi connectivity index (χ0) is 15.3. The SMILES string of the molecule is Cn1nncc1S(=O)(=O)N1Cc2cn[nH]c2CC(C)(C)C1. The molecule has 2 aromatic rings. The Morgan fingerprint density at radius 1 is 1.33 bits per heavy atom. The van der Waals surface area contributed by atoms with Crippen molar-refractivity contribution in [2.24, 2.45) is 12.5 Å². The second-order valence-electron chi connectivity index (χ2n) is 6.18. The molecule has 0 unspecified atom stereocenters. The van der Waals surface area contributed by atoms with Gasteiger partial charge in [0.25, 0.3) is 10.0 Å². The number of aryl methyl sites for hydroxylation is 1. The van der Waals surface area contributed by atoms with E-state index in [1.54, 1.807) is 13.2 Å². The zero-order valence-corrected chi connectivity index (χ0v) is 13.1. The highest BCUT2D eigenvalue weighted by molar-refractivity contribution is 7.89. The fraction of sp³-hybridized carbons (Fsp3) is 0.583. The van der Waals surface area contributed by atoms with Gasteiger partial charge in [-0.2, -0.15) is 9.40 Å². The Hall–Kier alpha value is -1.74. The highest BCUT2D eigenvalue weighted by atomic mass is 32.2. The highest BCUT2D eigenvalue weighted by Gasteiger charge is 2.36. The van der Waals surface area contributed by atoms with Crippen molar-refractivity contribution in [3.8, 4) is 0 Å². The summed E-state index contributed by atoms with van der Waals surface area (Å²) < 4.78 is 28.4. The summed E-state index contributed by atoms with van der Waals surface area (Å²) in [5.74, 6) is 0. The average molecular weight is 310 g/mol. The number of fused-ring (bicyclic) bond motifs is 1. The van der Waals surface area contributed by atoms with Gasteiger partial charge in [0.2, 0.25) is 0 Å². The number of aromatic nitrogens is 5. The minimum absolute atomic E-state index is 0.102. The Morgan fingerprint density at radius 2 is 2.10 bits per heavy atom. The second kappa shape index (κ2) is 4.63. The van der Waals surface area contributed by atoms with Crippen molar-refractivity contribution in [3.05, 3.63) is 23.7 Å². The van der Waals surface area contributed by atoms with Crippen molar-refractivity contribution in [2.45, 2.75) is 31.8 Å². The molecule has 1 aliphatic rings. The molecule has 21 heavy (non-hydrogen) atoms. The third-order valence-electron chi connectivity index (χ3n) is 3.69. The number of rotatable bonds is 2. The van der Waals surface area contributed by atoms with E-state index in [2.05, 4.69) is 20.5 Å². The number of aromatic amines is 1. The Balaban J connectivity index is 2.04. The van der Waals surface area contributed by atoms with Gasteiger partial charge in [-0.15, -0.1) is 5.10 Å². The molecule has 0 bridgehead atoms. The molecule has 0 aromatic carbocycles. The summed E-state index contributed by atoms with van der Waals surface area (Å²) in [5.41, 5.74) is 1.73. The van der Waals surface area contributed by atoms with Gasteiger partial charge < -0.3 is 0 Å². The molecule has 1 N–H and O–H groups in total. The van der Waals surface area contributed by atoms with Crippen molar-refractivity contribution in [1.29, 1.82) is 0 Å². The van der Waals surface area contributed by atoms with Crippen molar-refractivity contribution >= 4 is 10.0 Å². The van der Waals surface area contributed by atoms with Crippen LogP contribution in [0.25, 0.3) is 0 Å². The monoisotopic (exact) mass is 310 g/mol. The van der Waals surface area contributed by atoms with Crippen molar-refractivity contribution in [1.82, 2.24) is 29.5 Å². The smallest absolute Gasteiger partial charge is 0.262 e. The molecule has 2 aromatic heterocycles. The summed E-state index contributed by atoms with van der Waals surface area (Å²) in [6.07, 6.45) is 3.74. The molecule has 0 radical (unpaired) electrons. The number of hydrogen-bond donors (Lipinski definition) is 1. The highest BCUT2D eigenvalue weighted by Crippen LogP contribution is 2.31. The lowest BCUT2D eigenvalue weighted by Gasteiger charge is -2.28. The van der Waals surface area contributed by atoms with Gasteiger partial charge in [-0.1, -0.05) is 19.1 Å². The van der Waals surface area contributed by atoms with Gasteiger partial charge in [0, 0.05) is 31.4 Å². The maximum absolute atomic E-state index is 12.8. The van der Waals surface area contributed by atoms with Gasteiger partial charge >= 0.3 is 0 Å². The van der Waals surface area contributed by atoms with E-state index in [1.807, 2.05) is 13.8 Å². The minimum Gasteiger partial charge on any atom is -0.282 e. The van der Waals surface area contributed by atoms with Gasteiger partial charge in [-0.3, -0.25) is 5.10 Å². The van der Waals surface area contributed by atoms with Crippen molar-refractivity contribution in [3.63, 3.8) is 0 Å². The molecule has 3 heterocycles. The molecule has 9 heteroatoms. The summed E-state index contributed by atoms with van der Waals surface area (Å²) >= 11 is 0. The predicted molar refractivity (Wildman–Crippen MR) is 74.7 cm³/mol. The molecule has 0 saturated heterocycles. The van der Waals surface area contributed by atoms with Crippen LogP contribution in [0.5, 0.6) is 0 Å². The van der Waals surface area contributed by atoms with E-state index in [4.69, 9.17) is 0 Å². The van der Waals surface area contributed by atoms with E-state index in [1.165, 1.54) is 15.2 Å². The first-order valence-corrected chi connectivity index (χ1v) is 8.09. The molecular formula is C12H18N6O2S. The summed E-state index contributed by atoms with van der Waals surface area (Å²) in [4.78, 5) is 0. The maximum Gasteiger partial charge on any atom is 0.262 e. The zero-order valence-electron chi connectivity index (χ0n) is 12.2. The average Bonchev–Trinajstić information content (AvgIpc) is 2.95. The first-order valence-electron chi connectivity index (χ1n) is 6.65. The van der Waals surface area contributed by atoms with E-state index in [0.29, 0.717) is 13.1 Å². The van der Waals surface area contributed by atoms with Crippen molar-refractivity contribution < 1.29 is 8.42 Å². The molecule has 0 spiro atoms. The topological polar surface area (TPSA) is 96.8 Å². The van der Waals surface area contributed by atoms with Crippen LogP contribution < -0.4 is 0 Å². The Bertz CT molecular complexity index is 760. The molecule has 1 aliphatic heterocycles. The molecular weight excluding hydrogens is 292 g/mol. The Labute approximate surface area is 123 Å². The van der Waals surface area contributed by atoms with E-state index >= 15 is 0 Å². The fourth-order valence-corrected chi connectivity index (χ4v) is 4.34. The number of hydrogen-bond acceptors (Lipinski definition) is 5. The third-order valence-corrected chi connectivity index (χ3v) is 5.53. The molecule has 0 atom stereocenters. The number of nitrogens with one attached hydrogen (secondary N) is 1. The summed E-state index contributed by atoms with van der Waals surface area (Å²) in [7, 11) is -2.06. The van der Waals surface area contributed by atoms with E-state index in [-0.39, 0.29) is 10.4 Å². The molecule has 0 saturated carbocycles. The summed E-state index contributed by atoms with van der Waals surface area (Å²) in [5, 5.41) is 14.5. The van der Waals surface area contributed by atoms with Crippen LogP contribution in [0.4, 0.5) is 0 Å². The molecule has 3 rings (SSSR count). The second-order valence-corrected chi connectivity index (χ2v) is 8.07. The number of nitrogens with zero attached hydrogens (tertiary/aromatic N) is 5. The molecule has 114 valence electrons. The number of H-pyrrole nitrogens is 1. The van der Waals surface area contributed by atoms with Gasteiger partial charge in [0.05, 0.1) is 12.4 Å². The van der Waals surface area contributed by atoms with Crippen LogP contribution in [0.3, 0.4) is 0 Å². The Kier molecular flexibility index (Phi) is 3.14. The summed E-state index contributed by atoms with van der Waals surface area (Å²) in [6, 6.07) is 0. The molecule has 8 nitrogen and oxygen atoms in total. The lowest BCUT2D eigenvalue weighted by Crippen LogP contribution is -2.38.